The summed E-state index contributed by atoms with van der Waals surface area (Å²) < 4.78 is 5.93. The molecule has 4 rings (SSSR count). The van der Waals surface area contributed by atoms with Crippen LogP contribution in [-0.2, 0) is 0 Å². The minimum atomic E-state index is -0.254. The molecule has 1 heterocycles. The molecule has 140 valence electrons. The molecule has 0 saturated carbocycles. The highest BCUT2D eigenvalue weighted by molar-refractivity contribution is 7.99. The second-order valence-electron chi connectivity index (χ2n) is 6.51. The second-order valence-corrected chi connectivity index (χ2v) is 7.66. The molecule has 0 fully saturated rings. The average molecular weight is 389 g/mol. The minimum Gasteiger partial charge on any atom is -0.456 e. The first-order chi connectivity index (χ1) is 13.7. The number of fused-ring (bicyclic) bond motifs is 3. The van der Waals surface area contributed by atoms with Crippen LogP contribution in [0.3, 0.4) is 0 Å². The minimum absolute atomic E-state index is 0.176. The second kappa shape index (κ2) is 7.90. The normalized spacial score (nSPS) is 12.0. The number of hydrogen-bond acceptors (Lipinski definition) is 5. The van der Waals surface area contributed by atoms with Crippen molar-refractivity contribution in [2.75, 3.05) is 0 Å². The fourth-order valence-electron chi connectivity index (χ4n) is 3.20. The number of carbonyl (C=O) groups is 1. The van der Waals surface area contributed by atoms with E-state index in [9.17, 15) is 4.79 Å². The van der Waals surface area contributed by atoms with Crippen molar-refractivity contribution in [3.8, 4) is 0 Å². The number of rotatable bonds is 6. The van der Waals surface area contributed by atoms with Crippen LogP contribution in [0.4, 0.5) is 0 Å². The van der Waals surface area contributed by atoms with Gasteiger partial charge in [-0.05, 0) is 55.0 Å². The summed E-state index contributed by atoms with van der Waals surface area (Å²) in [6, 6.07) is 21.6. The van der Waals surface area contributed by atoms with Crippen molar-refractivity contribution in [1.29, 1.82) is 0 Å². The molecule has 4 aromatic rings. The van der Waals surface area contributed by atoms with E-state index in [2.05, 4.69) is 23.4 Å². The Morgan fingerprint density at radius 1 is 0.964 bits per heavy atom. The van der Waals surface area contributed by atoms with Crippen LogP contribution in [0.15, 0.2) is 86.1 Å². The Labute approximate surface area is 166 Å². The third-order valence-corrected chi connectivity index (χ3v) is 5.55. The van der Waals surface area contributed by atoms with Crippen molar-refractivity contribution in [2.24, 2.45) is 5.16 Å². The molecule has 0 unspecified atom stereocenters. The maximum atomic E-state index is 12.7. The van der Waals surface area contributed by atoms with E-state index in [1.807, 2.05) is 43.3 Å². The van der Waals surface area contributed by atoms with Gasteiger partial charge in [0.15, 0.2) is 0 Å². The molecule has 0 radical (unpaired) electrons. The zero-order chi connectivity index (χ0) is 19.5. The van der Waals surface area contributed by atoms with Crippen LogP contribution in [0, 0.1) is 0 Å². The van der Waals surface area contributed by atoms with E-state index in [1.165, 1.54) is 0 Å². The average Bonchev–Trinajstić information content (AvgIpc) is 3.09. The van der Waals surface area contributed by atoms with Crippen LogP contribution >= 0.6 is 11.8 Å². The van der Waals surface area contributed by atoms with Crippen molar-refractivity contribution < 1.29 is 14.4 Å². The molecule has 3 aromatic carbocycles. The SMILES string of the molecule is CCCC(=NO)C(=O)c1ccc2oc3ccc(Sc4ccccc4)cc3c2c1. The standard InChI is InChI=1S/C23H19NO3S/c1-2-6-20(24-26)23(25)15-9-11-21-18(13-15)19-14-17(10-12-22(19)27-21)28-16-7-4-3-5-8-16/h3-5,7-14,26H,2,6H2,1H3. The summed E-state index contributed by atoms with van der Waals surface area (Å²) in [5.41, 5.74) is 2.18. The van der Waals surface area contributed by atoms with Gasteiger partial charge in [0.25, 0.3) is 0 Å². The molecule has 0 saturated heterocycles. The predicted octanol–water partition coefficient (Wildman–Crippen LogP) is 6.55. The molecule has 0 aliphatic carbocycles. The maximum Gasteiger partial charge on any atom is 0.210 e. The van der Waals surface area contributed by atoms with Crippen LogP contribution in [0.1, 0.15) is 30.1 Å². The van der Waals surface area contributed by atoms with Gasteiger partial charge in [0.05, 0.1) is 0 Å². The molecule has 0 spiro atoms. The molecule has 0 aliphatic heterocycles. The van der Waals surface area contributed by atoms with E-state index in [4.69, 9.17) is 9.62 Å². The largest absolute Gasteiger partial charge is 0.456 e. The summed E-state index contributed by atoms with van der Waals surface area (Å²) >= 11 is 1.68. The first-order valence-electron chi connectivity index (χ1n) is 9.14. The van der Waals surface area contributed by atoms with Crippen LogP contribution in [0.2, 0.25) is 0 Å². The Balaban J connectivity index is 1.75. The smallest absolute Gasteiger partial charge is 0.210 e. The van der Waals surface area contributed by atoms with Crippen LogP contribution < -0.4 is 0 Å². The Kier molecular flexibility index (Phi) is 5.17. The van der Waals surface area contributed by atoms with Gasteiger partial charge in [-0.15, -0.1) is 0 Å². The predicted molar refractivity (Wildman–Crippen MR) is 113 cm³/mol. The molecule has 28 heavy (non-hydrogen) atoms. The van der Waals surface area contributed by atoms with Crippen LogP contribution in [-0.4, -0.2) is 16.7 Å². The first-order valence-corrected chi connectivity index (χ1v) is 9.96. The molecule has 1 aromatic heterocycles. The molecule has 0 bridgehead atoms. The van der Waals surface area contributed by atoms with E-state index in [0.29, 0.717) is 12.0 Å². The number of benzene rings is 3. The number of furan rings is 1. The van der Waals surface area contributed by atoms with Gasteiger partial charge in [0.1, 0.15) is 16.9 Å². The molecule has 0 amide bonds. The number of carbonyl (C=O) groups excluding carboxylic acids is 1. The Bertz CT molecular complexity index is 1180. The van der Waals surface area contributed by atoms with E-state index >= 15 is 0 Å². The summed E-state index contributed by atoms with van der Waals surface area (Å²) in [6.07, 6.45) is 1.18. The topological polar surface area (TPSA) is 62.8 Å². The molecule has 0 atom stereocenters. The van der Waals surface area contributed by atoms with Crippen molar-refractivity contribution in [3.05, 3.63) is 72.3 Å². The van der Waals surface area contributed by atoms with Crippen molar-refractivity contribution >= 4 is 45.2 Å². The summed E-state index contributed by atoms with van der Waals surface area (Å²) in [4.78, 5) is 14.9. The third-order valence-electron chi connectivity index (χ3n) is 4.55. The summed E-state index contributed by atoms with van der Waals surface area (Å²) in [7, 11) is 0. The van der Waals surface area contributed by atoms with Gasteiger partial charge in [-0.2, -0.15) is 0 Å². The molecule has 5 heteroatoms. The lowest BCUT2D eigenvalue weighted by atomic mass is 10.0. The highest BCUT2D eigenvalue weighted by atomic mass is 32.2. The Hall–Kier alpha value is -3.05. The van der Waals surface area contributed by atoms with Gasteiger partial charge in [-0.1, -0.05) is 48.5 Å². The summed E-state index contributed by atoms with van der Waals surface area (Å²) in [6.45, 7) is 1.94. The summed E-state index contributed by atoms with van der Waals surface area (Å²) in [5, 5.41) is 14.2. The molecular weight excluding hydrogens is 370 g/mol. The van der Waals surface area contributed by atoms with Gasteiger partial charge >= 0.3 is 0 Å². The molecule has 1 N–H and O–H groups in total. The van der Waals surface area contributed by atoms with E-state index in [-0.39, 0.29) is 11.5 Å². The number of Topliss-reactive ketones (excluding diaryl/α,β-unsaturated/α-hetero) is 1. The fourth-order valence-corrected chi connectivity index (χ4v) is 4.08. The quantitative estimate of drug-likeness (QED) is 0.176. The van der Waals surface area contributed by atoms with E-state index < -0.39 is 0 Å². The molecular formula is C23H19NO3S. The number of oxime groups is 1. The van der Waals surface area contributed by atoms with Gasteiger partial charge in [0, 0.05) is 26.1 Å². The van der Waals surface area contributed by atoms with E-state index in [0.717, 1.165) is 38.2 Å². The van der Waals surface area contributed by atoms with Crippen LogP contribution in [0.5, 0.6) is 0 Å². The molecule has 4 nitrogen and oxygen atoms in total. The zero-order valence-electron chi connectivity index (χ0n) is 15.4. The monoisotopic (exact) mass is 389 g/mol. The zero-order valence-corrected chi connectivity index (χ0v) is 16.2. The Morgan fingerprint density at radius 3 is 2.39 bits per heavy atom. The fraction of sp³-hybridized carbons (Fsp3) is 0.130. The lowest BCUT2D eigenvalue weighted by Crippen LogP contribution is -2.14. The maximum absolute atomic E-state index is 12.7. The van der Waals surface area contributed by atoms with Crippen LogP contribution in [0.25, 0.3) is 21.9 Å². The summed E-state index contributed by atoms with van der Waals surface area (Å²) in [5.74, 6) is -0.254. The lowest BCUT2D eigenvalue weighted by molar-refractivity contribution is 0.105. The first kappa shape index (κ1) is 18.3. The van der Waals surface area contributed by atoms with E-state index in [1.54, 1.807) is 23.9 Å². The van der Waals surface area contributed by atoms with Gasteiger partial charge in [0.2, 0.25) is 5.78 Å². The highest BCUT2D eigenvalue weighted by Crippen LogP contribution is 2.35. The highest BCUT2D eigenvalue weighted by Gasteiger charge is 2.16. The number of ketones is 1. The molecule has 0 aliphatic rings. The van der Waals surface area contributed by atoms with Gasteiger partial charge in [-0.25, -0.2) is 0 Å². The van der Waals surface area contributed by atoms with Crippen molar-refractivity contribution in [1.82, 2.24) is 0 Å². The Morgan fingerprint density at radius 2 is 1.68 bits per heavy atom. The van der Waals surface area contributed by atoms with Crippen molar-refractivity contribution in [3.63, 3.8) is 0 Å². The third kappa shape index (κ3) is 3.53. The van der Waals surface area contributed by atoms with Gasteiger partial charge in [-0.3, -0.25) is 4.79 Å². The number of hydrogen-bond donors (Lipinski definition) is 1. The number of nitrogens with zero attached hydrogens (tertiary/aromatic N) is 1. The van der Waals surface area contributed by atoms with Crippen molar-refractivity contribution in [2.45, 2.75) is 29.6 Å². The van der Waals surface area contributed by atoms with Gasteiger partial charge < -0.3 is 9.62 Å². The lowest BCUT2D eigenvalue weighted by Gasteiger charge is -2.03.